The molecule has 6 heteroatoms. The van der Waals surface area contributed by atoms with Crippen LogP contribution in [-0.2, 0) is 13.0 Å². The number of quaternary nitrogens is 1. The number of hydrogen-bond donors (Lipinski definition) is 3. The Morgan fingerprint density at radius 2 is 1.90 bits per heavy atom. The predicted octanol–water partition coefficient (Wildman–Crippen LogP) is 2.18. The van der Waals surface area contributed by atoms with Gasteiger partial charge < -0.3 is 25.0 Å². The fraction of sp³-hybridized carbons (Fsp3) is 0.435. The summed E-state index contributed by atoms with van der Waals surface area (Å²) in [6.07, 6.45) is 1.02. The van der Waals surface area contributed by atoms with E-state index in [2.05, 4.69) is 60.9 Å². The van der Waals surface area contributed by atoms with Crippen molar-refractivity contribution in [3.8, 4) is 11.5 Å². The van der Waals surface area contributed by atoms with Crippen molar-refractivity contribution >= 4 is 17.3 Å². The van der Waals surface area contributed by atoms with E-state index in [1.54, 1.807) is 14.2 Å². The van der Waals surface area contributed by atoms with Crippen molar-refractivity contribution in [2.24, 2.45) is 0 Å². The number of benzene rings is 2. The Morgan fingerprint density at radius 3 is 2.59 bits per heavy atom. The van der Waals surface area contributed by atoms with E-state index in [0.29, 0.717) is 5.11 Å². The first kappa shape index (κ1) is 21.4. The van der Waals surface area contributed by atoms with Gasteiger partial charge in [0.1, 0.15) is 12.6 Å². The van der Waals surface area contributed by atoms with E-state index in [1.807, 2.05) is 0 Å². The minimum Gasteiger partial charge on any atom is -0.493 e. The number of ether oxygens (including phenoxy) is 2. The summed E-state index contributed by atoms with van der Waals surface area (Å²) in [5.74, 6) is 1.57. The molecule has 5 nitrogen and oxygen atoms in total. The summed E-state index contributed by atoms with van der Waals surface area (Å²) in [5, 5.41) is 7.31. The molecule has 0 aromatic heterocycles. The van der Waals surface area contributed by atoms with Crippen LogP contribution in [0.3, 0.4) is 0 Å². The van der Waals surface area contributed by atoms with E-state index in [4.69, 9.17) is 21.7 Å². The van der Waals surface area contributed by atoms with Crippen molar-refractivity contribution < 1.29 is 14.4 Å². The quantitative estimate of drug-likeness (QED) is 0.607. The van der Waals surface area contributed by atoms with Gasteiger partial charge in [0.15, 0.2) is 16.6 Å². The van der Waals surface area contributed by atoms with Crippen LogP contribution in [-0.4, -0.2) is 39.0 Å². The van der Waals surface area contributed by atoms with Crippen LogP contribution in [0.4, 0.5) is 0 Å². The number of fused-ring (bicyclic) bond motifs is 1. The van der Waals surface area contributed by atoms with Crippen LogP contribution < -0.4 is 25.0 Å². The fourth-order valence-corrected chi connectivity index (χ4v) is 4.36. The largest absolute Gasteiger partial charge is 0.493 e. The molecule has 3 N–H and O–H groups in total. The van der Waals surface area contributed by atoms with Crippen LogP contribution in [0, 0.1) is 6.92 Å². The zero-order chi connectivity index (χ0) is 20.8. The average Bonchev–Trinajstić information content (AvgIpc) is 2.72. The molecule has 1 aliphatic heterocycles. The average molecular weight is 415 g/mol. The lowest BCUT2D eigenvalue weighted by Gasteiger charge is -2.35. The molecule has 0 amide bonds. The first-order valence-electron chi connectivity index (χ1n) is 10.2. The van der Waals surface area contributed by atoms with Crippen molar-refractivity contribution in [3.63, 3.8) is 0 Å². The number of methoxy groups -OCH3 is 2. The summed E-state index contributed by atoms with van der Waals surface area (Å²) in [4.78, 5) is 1.53. The molecule has 0 aliphatic carbocycles. The summed E-state index contributed by atoms with van der Waals surface area (Å²) in [5.41, 5.74) is 5.30. The fourth-order valence-electron chi connectivity index (χ4n) is 4.14. The summed E-state index contributed by atoms with van der Waals surface area (Å²) in [6.45, 7) is 7.84. The van der Waals surface area contributed by atoms with Crippen LogP contribution in [0.5, 0.6) is 11.5 Å². The molecule has 2 aromatic carbocycles. The molecule has 0 radical (unpaired) electrons. The van der Waals surface area contributed by atoms with Crippen molar-refractivity contribution in [3.05, 3.63) is 58.7 Å². The number of aryl methyl sites for hydroxylation is 1. The number of thiocarbonyl (C=S) groups is 1. The molecular weight excluding hydrogens is 382 g/mol. The standard InChI is InChI=1S/C23H31N3O2S/c1-5-24-23(29)25-14-20-19-13-22(28-4)21(27-3)12-18(19)9-10-26(20)15-17-8-6-7-16(2)11-17/h6-8,11-13,20H,5,9-10,14-15H2,1-4H3,(H2,24,25,29)/p+1/t20-/m1/s1. The van der Waals surface area contributed by atoms with Crippen molar-refractivity contribution in [2.45, 2.75) is 32.9 Å². The summed E-state index contributed by atoms with van der Waals surface area (Å²) in [7, 11) is 3.38. The topological polar surface area (TPSA) is 47.0 Å². The van der Waals surface area contributed by atoms with E-state index in [1.165, 1.54) is 27.2 Å². The van der Waals surface area contributed by atoms with Crippen molar-refractivity contribution in [1.82, 2.24) is 10.6 Å². The molecule has 0 fully saturated rings. The van der Waals surface area contributed by atoms with E-state index >= 15 is 0 Å². The molecule has 0 saturated carbocycles. The third kappa shape index (κ3) is 5.19. The van der Waals surface area contributed by atoms with Crippen LogP contribution in [0.15, 0.2) is 36.4 Å². The molecule has 1 unspecified atom stereocenters. The summed E-state index contributed by atoms with van der Waals surface area (Å²) in [6, 6.07) is 13.3. The first-order valence-corrected chi connectivity index (χ1v) is 10.6. The van der Waals surface area contributed by atoms with Gasteiger partial charge in [-0.1, -0.05) is 29.8 Å². The van der Waals surface area contributed by atoms with Gasteiger partial charge in [-0.15, -0.1) is 0 Å². The molecule has 3 rings (SSSR count). The normalized spacial score (nSPS) is 17.9. The molecule has 2 atom stereocenters. The zero-order valence-corrected chi connectivity index (χ0v) is 18.6. The lowest BCUT2D eigenvalue weighted by Crippen LogP contribution is -3.12. The Balaban J connectivity index is 1.91. The van der Waals surface area contributed by atoms with Gasteiger partial charge >= 0.3 is 0 Å². The molecular formula is C23H32N3O2S+. The number of hydrogen-bond acceptors (Lipinski definition) is 3. The maximum absolute atomic E-state index is 5.59. The summed E-state index contributed by atoms with van der Waals surface area (Å²) >= 11 is 5.42. The maximum Gasteiger partial charge on any atom is 0.166 e. The first-order chi connectivity index (χ1) is 14.0. The van der Waals surface area contributed by atoms with Crippen LogP contribution in [0.1, 0.15) is 35.2 Å². The highest BCUT2D eigenvalue weighted by Gasteiger charge is 2.32. The Hall–Kier alpha value is -2.31. The number of rotatable bonds is 7. The highest BCUT2D eigenvalue weighted by molar-refractivity contribution is 7.80. The van der Waals surface area contributed by atoms with Gasteiger partial charge in [-0.25, -0.2) is 0 Å². The van der Waals surface area contributed by atoms with Gasteiger partial charge in [0.05, 0.1) is 27.3 Å². The van der Waals surface area contributed by atoms with Gasteiger partial charge in [0, 0.05) is 24.1 Å². The molecule has 156 valence electrons. The Kier molecular flexibility index (Phi) is 7.34. The lowest BCUT2D eigenvalue weighted by molar-refractivity contribution is -0.945. The second-order valence-corrected chi connectivity index (χ2v) is 7.93. The third-order valence-corrected chi connectivity index (χ3v) is 5.84. The lowest BCUT2D eigenvalue weighted by atomic mass is 9.91. The van der Waals surface area contributed by atoms with Crippen LogP contribution in [0.25, 0.3) is 0 Å². The van der Waals surface area contributed by atoms with Gasteiger partial charge in [-0.2, -0.15) is 0 Å². The second kappa shape index (κ2) is 9.94. The smallest absolute Gasteiger partial charge is 0.166 e. The minimum absolute atomic E-state index is 0.274. The molecule has 0 spiro atoms. The molecule has 1 heterocycles. The Morgan fingerprint density at radius 1 is 1.14 bits per heavy atom. The highest BCUT2D eigenvalue weighted by Crippen LogP contribution is 2.34. The highest BCUT2D eigenvalue weighted by atomic mass is 32.1. The van der Waals surface area contributed by atoms with Crippen molar-refractivity contribution in [1.29, 1.82) is 0 Å². The van der Waals surface area contributed by atoms with Gasteiger partial charge in [-0.05, 0) is 43.8 Å². The molecule has 0 saturated heterocycles. The zero-order valence-electron chi connectivity index (χ0n) is 17.8. The predicted molar refractivity (Wildman–Crippen MR) is 121 cm³/mol. The minimum atomic E-state index is 0.274. The SMILES string of the molecule is CCNC(=S)NC[C@@H]1c2cc(OC)c(OC)cc2CC[NH+]1Cc1cccc(C)c1. The monoisotopic (exact) mass is 414 g/mol. The van der Waals surface area contributed by atoms with Crippen molar-refractivity contribution in [2.75, 3.05) is 33.9 Å². The van der Waals surface area contributed by atoms with E-state index in [0.717, 1.165) is 44.1 Å². The number of nitrogens with one attached hydrogen (secondary N) is 3. The van der Waals surface area contributed by atoms with Crippen LogP contribution in [0.2, 0.25) is 0 Å². The Labute approximate surface area is 179 Å². The third-order valence-electron chi connectivity index (χ3n) is 5.55. The Bertz CT molecular complexity index is 856. The summed E-state index contributed by atoms with van der Waals surface area (Å²) < 4.78 is 11.1. The molecule has 2 aromatic rings. The van der Waals surface area contributed by atoms with Gasteiger partial charge in [0.25, 0.3) is 0 Å². The van der Waals surface area contributed by atoms with E-state index < -0.39 is 0 Å². The molecule has 0 bridgehead atoms. The van der Waals surface area contributed by atoms with E-state index in [9.17, 15) is 0 Å². The molecule has 1 aliphatic rings. The van der Waals surface area contributed by atoms with Gasteiger partial charge in [-0.3, -0.25) is 0 Å². The molecule has 29 heavy (non-hydrogen) atoms. The van der Waals surface area contributed by atoms with E-state index in [-0.39, 0.29) is 6.04 Å². The maximum atomic E-state index is 5.59. The van der Waals surface area contributed by atoms with Crippen LogP contribution >= 0.6 is 12.2 Å². The second-order valence-electron chi connectivity index (χ2n) is 7.52. The van der Waals surface area contributed by atoms with Gasteiger partial charge in [0.2, 0.25) is 0 Å².